The molecule has 0 heterocycles. The first-order valence-electron chi connectivity index (χ1n) is 6.79. The Kier molecular flexibility index (Phi) is 4.99. The summed E-state index contributed by atoms with van der Waals surface area (Å²) >= 11 is 3.59. The maximum Gasteiger partial charge on any atom is 0.322 e. The van der Waals surface area contributed by atoms with Crippen molar-refractivity contribution < 1.29 is 9.53 Å². The molecule has 0 aliphatic heterocycles. The zero-order valence-electron chi connectivity index (χ0n) is 11.4. The van der Waals surface area contributed by atoms with Crippen molar-refractivity contribution in [1.82, 2.24) is 5.32 Å². The van der Waals surface area contributed by atoms with Crippen LogP contribution in [0.4, 0.5) is 0 Å². The minimum atomic E-state index is -0.217. The molecular weight excluding hydrogens is 306 g/mol. The first kappa shape index (κ1) is 14.5. The molecule has 4 heteroatoms. The summed E-state index contributed by atoms with van der Waals surface area (Å²) in [6.45, 7) is 4.13. The Bertz CT molecular complexity index is 444. The predicted octanol–water partition coefficient (Wildman–Crippen LogP) is 3.24. The Morgan fingerprint density at radius 3 is 2.79 bits per heavy atom. The molecule has 0 spiro atoms. The van der Waals surface area contributed by atoms with Gasteiger partial charge >= 0.3 is 5.97 Å². The Hall–Kier alpha value is -0.870. The number of hydrogen-bond donors (Lipinski definition) is 1. The van der Waals surface area contributed by atoms with Gasteiger partial charge < -0.3 is 10.1 Å². The maximum atomic E-state index is 11.5. The lowest BCUT2D eigenvalue weighted by Crippen LogP contribution is -2.48. The standard InChI is InChI=1S/C15H20BrNO2/c1-3-19-15(18)10(2)17-12-8-11(9-12)13-6-4-5-7-14(13)16/h4-7,10-12,17H,3,8-9H2,1-2H3. The van der Waals surface area contributed by atoms with Gasteiger partial charge in [0, 0.05) is 10.5 Å². The van der Waals surface area contributed by atoms with Gasteiger partial charge in [0.05, 0.1) is 6.61 Å². The molecule has 19 heavy (non-hydrogen) atoms. The quantitative estimate of drug-likeness (QED) is 0.844. The first-order valence-corrected chi connectivity index (χ1v) is 7.58. The lowest BCUT2D eigenvalue weighted by molar-refractivity contribution is -0.145. The average Bonchev–Trinajstić information content (AvgIpc) is 2.34. The van der Waals surface area contributed by atoms with Crippen molar-refractivity contribution in [2.75, 3.05) is 6.61 Å². The summed E-state index contributed by atoms with van der Waals surface area (Å²) in [6, 6.07) is 8.55. The van der Waals surface area contributed by atoms with Crippen LogP contribution in [0.25, 0.3) is 0 Å². The van der Waals surface area contributed by atoms with Gasteiger partial charge in [-0.2, -0.15) is 0 Å². The second kappa shape index (κ2) is 6.53. The van der Waals surface area contributed by atoms with Gasteiger partial charge in [-0.1, -0.05) is 34.1 Å². The van der Waals surface area contributed by atoms with Crippen LogP contribution in [0.1, 0.15) is 38.2 Å². The second-order valence-electron chi connectivity index (χ2n) is 5.03. The fourth-order valence-corrected chi connectivity index (χ4v) is 3.11. The number of halogens is 1. The predicted molar refractivity (Wildman–Crippen MR) is 79.1 cm³/mol. The summed E-state index contributed by atoms with van der Waals surface area (Å²) in [5.41, 5.74) is 1.37. The highest BCUT2D eigenvalue weighted by Crippen LogP contribution is 2.40. The third kappa shape index (κ3) is 3.57. The van der Waals surface area contributed by atoms with Crippen LogP contribution in [0.15, 0.2) is 28.7 Å². The van der Waals surface area contributed by atoms with Gasteiger partial charge in [-0.25, -0.2) is 0 Å². The van der Waals surface area contributed by atoms with Gasteiger partial charge in [0.2, 0.25) is 0 Å². The van der Waals surface area contributed by atoms with E-state index in [0.29, 0.717) is 18.6 Å². The summed E-state index contributed by atoms with van der Waals surface area (Å²) < 4.78 is 6.17. The molecule has 1 aromatic carbocycles. The number of carbonyl (C=O) groups excluding carboxylic acids is 1. The van der Waals surface area contributed by atoms with Crippen LogP contribution in [0.5, 0.6) is 0 Å². The molecule has 0 aromatic heterocycles. The molecule has 1 N–H and O–H groups in total. The third-order valence-electron chi connectivity index (χ3n) is 3.61. The fourth-order valence-electron chi connectivity index (χ4n) is 2.50. The number of benzene rings is 1. The molecular formula is C15H20BrNO2. The molecule has 1 aromatic rings. The van der Waals surface area contributed by atoms with Crippen molar-refractivity contribution in [2.45, 2.75) is 44.7 Å². The van der Waals surface area contributed by atoms with E-state index in [1.807, 2.05) is 19.9 Å². The van der Waals surface area contributed by atoms with Crippen LogP contribution in [0, 0.1) is 0 Å². The molecule has 1 atom stereocenters. The topological polar surface area (TPSA) is 38.3 Å². The van der Waals surface area contributed by atoms with Crippen molar-refractivity contribution in [2.24, 2.45) is 0 Å². The largest absolute Gasteiger partial charge is 0.465 e. The molecule has 104 valence electrons. The van der Waals surface area contributed by atoms with E-state index < -0.39 is 0 Å². The Balaban J connectivity index is 1.81. The van der Waals surface area contributed by atoms with Crippen molar-refractivity contribution >= 4 is 21.9 Å². The van der Waals surface area contributed by atoms with Gasteiger partial charge in [0.15, 0.2) is 0 Å². The first-order chi connectivity index (χ1) is 9.11. The summed E-state index contributed by atoms with van der Waals surface area (Å²) in [4.78, 5) is 11.5. The fraction of sp³-hybridized carbons (Fsp3) is 0.533. The number of carbonyl (C=O) groups is 1. The van der Waals surface area contributed by atoms with Gasteiger partial charge in [-0.05, 0) is 44.2 Å². The van der Waals surface area contributed by atoms with Gasteiger partial charge in [0.1, 0.15) is 6.04 Å². The summed E-state index contributed by atoms with van der Waals surface area (Å²) in [5, 5.41) is 3.33. The van der Waals surface area contributed by atoms with Crippen LogP contribution in [0.2, 0.25) is 0 Å². The SMILES string of the molecule is CCOC(=O)C(C)NC1CC(c2ccccc2Br)C1. The molecule has 1 aliphatic carbocycles. The number of ether oxygens (including phenoxy) is 1. The summed E-state index contributed by atoms with van der Waals surface area (Å²) in [6.07, 6.45) is 2.15. The minimum Gasteiger partial charge on any atom is -0.465 e. The van der Waals surface area contributed by atoms with Crippen molar-refractivity contribution in [1.29, 1.82) is 0 Å². The highest BCUT2D eigenvalue weighted by Gasteiger charge is 2.33. The monoisotopic (exact) mass is 325 g/mol. The molecule has 1 fully saturated rings. The van der Waals surface area contributed by atoms with Crippen LogP contribution in [0.3, 0.4) is 0 Å². The lowest BCUT2D eigenvalue weighted by Gasteiger charge is -2.38. The summed E-state index contributed by atoms with van der Waals surface area (Å²) in [5.74, 6) is 0.425. The lowest BCUT2D eigenvalue weighted by atomic mass is 9.75. The van der Waals surface area contributed by atoms with E-state index in [4.69, 9.17) is 4.74 Å². The van der Waals surface area contributed by atoms with Crippen LogP contribution in [-0.2, 0) is 9.53 Å². The zero-order valence-corrected chi connectivity index (χ0v) is 12.9. The number of esters is 1. The van der Waals surface area contributed by atoms with Crippen LogP contribution < -0.4 is 5.32 Å². The van der Waals surface area contributed by atoms with E-state index in [9.17, 15) is 4.79 Å². The van der Waals surface area contributed by atoms with Crippen LogP contribution in [-0.4, -0.2) is 24.7 Å². The van der Waals surface area contributed by atoms with E-state index in [1.54, 1.807) is 0 Å². The molecule has 0 saturated heterocycles. The Labute approximate surface area is 122 Å². The van der Waals surface area contributed by atoms with E-state index in [2.05, 4.69) is 39.4 Å². The second-order valence-corrected chi connectivity index (χ2v) is 5.88. The summed E-state index contributed by atoms with van der Waals surface area (Å²) in [7, 11) is 0. The van der Waals surface area contributed by atoms with Gasteiger partial charge in [0.25, 0.3) is 0 Å². The molecule has 0 radical (unpaired) electrons. The molecule has 1 saturated carbocycles. The maximum absolute atomic E-state index is 11.5. The highest BCUT2D eigenvalue weighted by molar-refractivity contribution is 9.10. The highest BCUT2D eigenvalue weighted by atomic mass is 79.9. The van der Waals surface area contributed by atoms with Crippen molar-refractivity contribution in [3.8, 4) is 0 Å². The van der Waals surface area contributed by atoms with Crippen LogP contribution >= 0.6 is 15.9 Å². The number of hydrogen-bond acceptors (Lipinski definition) is 3. The number of rotatable bonds is 5. The number of nitrogens with one attached hydrogen (secondary N) is 1. The third-order valence-corrected chi connectivity index (χ3v) is 4.33. The Morgan fingerprint density at radius 2 is 2.16 bits per heavy atom. The van der Waals surface area contributed by atoms with Gasteiger partial charge in [-0.15, -0.1) is 0 Å². The van der Waals surface area contributed by atoms with Gasteiger partial charge in [-0.3, -0.25) is 4.79 Å². The smallest absolute Gasteiger partial charge is 0.322 e. The molecule has 1 unspecified atom stereocenters. The molecule has 0 amide bonds. The van der Waals surface area contributed by atoms with Crippen molar-refractivity contribution in [3.05, 3.63) is 34.3 Å². The van der Waals surface area contributed by atoms with E-state index in [-0.39, 0.29) is 12.0 Å². The molecule has 3 nitrogen and oxygen atoms in total. The molecule has 0 bridgehead atoms. The molecule has 1 aliphatic rings. The van der Waals surface area contributed by atoms with E-state index in [1.165, 1.54) is 10.0 Å². The van der Waals surface area contributed by atoms with E-state index in [0.717, 1.165) is 12.8 Å². The minimum absolute atomic E-state index is 0.160. The molecule has 2 rings (SSSR count). The Morgan fingerprint density at radius 1 is 1.47 bits per heavy atom. The average molecular weight is 326 g/mol. The van der Waals surface area contributed by atoms with Crippen molar-refractivity contribution in [3.63, 3.8) is 0 Å². The zero-order chi connectivity index (χ0) is 13.8. The normalized spacial score (nSPS) is 23.5. The van der Waals surface area contributed by atoms with E-state index >= 15 is 0 Å².